The van der Waals surface area contributed by atoms with Crippen molar-refractivity contribution in [1.29, 1.82) is 0 Å². The van der Waals surface area contributed by atoms with Crippen LogP contribution in [0.2, 0.25) is 23.2 Å². The molecule has 1 atom stereocenters. The van der Waals surface area contributed by atoms with Gasteiger partial charge < -0.3 is 17.7 Å². The molecule has 0 saturated heterocycles. The number of hydrogen-bond acceptors (Lipinski definition) is 5. The number of carbonyl (C=O) groups is 1. The highest BCUT2D eigenvalue weighted by Gasteiger charge is 2.48. The summed E-state index contributed by atoms with van der Waals surface area (Å²) < 4.78 is 24.1. The van der Waals surface area contributed by atoms with E-state index in [1.165, 1.54) is 0 Å². The van der Waals surface area contributed by atoms with Crippen LogP contribution in [0, 0.1) is 5.92 Å². The van der Waals surface area contributed by atoms with E-state index < -0.39 is 17.1 Å². The van der Waals surface area contributed by atoms with Gasteiger partial charge in [-0.3, -0.25) is 4.79 Å². The first-order valence-electron chi connectivity index (χ1n) is 10.8. The van der Waals surface area contributed by atoms with E-state index in [1.54, 1.807) is 0 Å². The fraction of sp³-hybridized carbons (Fsp3) is 0.950. The van der Waals surface area contributed by atoms with Gasteiger partial charge >= 0.3 is 8.80 Å². The van der Waals surface area contributed by atoms with Crippen LogP contribution in [0.25, 0.3) is 0 Å². The van der Waals surface area contributed by atoms with E-state index in [0.717, 1.165) is 18.9 Å². The van der Waals surface area contributed by atoms with Crippen LogP contribution in [0.3, 0.4) is 0 Å². The Labute approximate surface area is 170 Å². The Morgan fingerprint density at radius 1 is 0.815 bits per heavy atom. The Bertz CT molecular complexity index is 390. The third kappa shape index (κ3) is 7.97. The lowest BCUT2D eigenvalue weighted by molar-refractivity contribution is -0.139. The van der Waals surface area contributed by atoms with Gasteiger partial charge in [0.25, 0.3) is 14.3 Å². The van der Waals surface area contributed by atoms with Crippen molar-refractivity contribution in [1.82, 2.24) is 0 Å². The van der Waals surface area contributed by atoms with Crippen LogP contribution in [-0.4, -0.2) is 42.9 Å². The molecule has 162 valence electrons. The van der Waals surface area contributed by atoms with Gasteiger partial charge in [-0.25, -0.2) is 0 Å². The normalized spacial score (nSPS) is 14.0. The molecule has 0 aliphatic carbocycles. The molecule has 0 amide bonds. The molecule has 0 aliphatic rings. The molecule has 0 N–H and O–H groups in total. The van der Waals surface area contributed by atoms with Crippen molar-refractivity contribution in [2.75, 3.05) is 19.8 Å². The molecule has 0 heterocycles. The standard InChI is InChI=1S/C20H44O5Si2/c1-10-14-15-26(17(5)6,18(7)8)25-20(21)19(9)16-27(22-11-2,23-12-3)24-13-4/h17-19H,10-16H2,1-9H3. The molecule has 0 radical (unpaired) electrons. The second kappa shape index (κ2) is 13.1. The van der Waals surface area contributed by atoms with Crippen molar-refractivity contribution in [2.45, 2.75) is 98.3 Å². The minimum atomic E-state index is -2.86. The summed E-state index contributed by atoms with van der Waals surface area (Å²) in [5, 5.41) is 0. The van der Waals surface area contributed by atoms with Crippen LogP contribution in [0.4, 0.5) is 0 Å². The summed E-state index contributed by atoms with van der Waals surface area (Å²) >= 11 is 0. The summed E-state index contributed by atoms with van der Waals surface area (Å²) in [5.41, 5.74) is 0.792. The monoisotopic (exact) mass is 420 g/mol. The van der Waals surface area contributed by atoms with Crippen LogP contribution in [0.1, 0.15) is 75.2 Å². The number of unbranched alkanes of at least 4 members (excludes halogenated alkanes) is 1. The Kier molecular flexibility index (Phi) is 13.0. The van der Waals surface area contributed by atoms with E-state index in [0.29, 0.717) is 36.9 Å². The average molecular weight is 421 g/mol. The quantitative estimate of drug-likeness (QED) is 0.314. The second-order valence-corrected chi connectivity index (χ2v) is 15.4. The molecule has 0 aromatic heterocycles. The van der Waals surface area contributed by atoms with Crippen LogP contribution >= 0.6 is 0 Å². The molecular weight excluding hydrogens is 376 g/mol. The van der Waals surface area contributed by atoms with Gasteiger partial charge in [-0.1, -0.05) is 54.4 Å². The Balaban J connectivity index is 5.41. The molecule has 0 spiro atoms. The molecular formula is C20H44O5Si2. The van der Waals surface area contributed by atoms with Crippen LogP contribution in [0.15, 0.2) is 0 Å². The molecule has 7 heteroatoms. The van der Waals surface area contributed by atoms with E-state index in [1.807, 2.05) is 27.7 Å². The van der Waals surface area contributed by atoms with E-state index in [9.17, 15) is 4.79 Å². The Morgan fingerprint density at radius 2 is 1.26 bits per heavy atom. The summed E-state index contributed by atoms with van der Waals surface area (Å²) in [5.74, 6) is -0.413. The van der Waals surface area contributed by atoms with Crippen LogP contribution in [0.5, 0.6) is 0 Å². The van der Waals surface area contributed by atoms with Gasteiger partial charge in [0, 0.05) is 25.9 Å². The second-order valence-electron chi connectivity index (χ2n) is 7.88. The van der Waals surface area contributed by atoms with E-state index in [4.69, 9.17) is 17.7 Å². The van der Waals surface area contributed by atoms with Crippen molar-refractivity contribution >= 4 is 23.1 Å². The SMILES string of the molecule is CCCC[Si](OC(=O)C(C)C[Si](OCC)(OCC)OCC)(C(C)C)C(C)C. The fourth-order valence-electron chi connectivity index (χ4n) is 3.69. The summed E-state index contributed by atoms with van der Waals surface area (Å²) in [6.07, 6.45) is 2.23. The zero-order chi connectivity index (χ0) is 21.1. The van der Waals surface area contributed by atoms with Crippen molar-refractivity contribution in [3.63, 3.8) is 0 Å². The summed E-state index contributed by atoms with van der Waals surface area (Å²) in [6, 6.07) is 1.50. The molecule has 1 unspecified atom stereocenters. The Morgan fingerprint density at radius 3 is 1.59 bits per heavy atom. The first-order chi connectivity index (χ1) is 12.6. The molecule has 0 bridgehead atoms. The molecule has 0 aromatic carbocycles. The van der Waals surface area contributed by atoms with Gasteiger partial charge in [-0.05, 0) is 37.9 Å². The zero-order valence-corrected chi connectivity index (χ0v) is 21.2. The summed E-state index contributed by atoms with van der Waals surface area (Å²) in [7, 11) is -5.05. The topological polar surface area (TPSA) is 54.0 Å². The molecule has 27 heavy (non-hydrogen) atoms. The molecule has 0 aliphatic heterocycles. The lowest BCUT2D eigenvalue weighted by Crippen LogP contribution is -2.50. The predicted octanol–water partition coefficient (Wildman–Crippen LogP) is 5.78. The highest BCUT2D eigenvalue weighted by molar-refractivity contribution is 6.77. The lowest BCUT2D eigenvalue weighted by Gasteiger charge is -2.39. The number of hydrogen-bond donors (Lipinski definition) is 0. The molecule has 0 aromatic rings. The summed E-state index contributed by atoms with van der Waals surface area (Å²) in [6.45, 7) is 20.3. The third-order valence-electron chi connectivity index (χ3n) is 5.22. The minimum absolute atomic E-state index is 0.115. The largest absolute Gasteiger partial charge is 0.518 e. The molecule has 0 saturated carbocycles. The van der Waals surface area contributed by atoms with Crippen molar-refractivity contribution in [3.8, 4) is 0 Å². The minimum Gasteiger partial charge on any atom is -0.518 e. The third-order valence-corrected chi connectivity index (χ3v) is 14.1. The van der Waals surface area contributed by atoms with Crippen molar-refractivity contribution in [3.05, 3.63) is 0 Å². The first kappa shape index (κ1) is 26.8. The smallest absolute Gasteiger partial charge is 0.501 e. The lowest BCUT2D eigenvalue weighted by atomic mass is 10.2. The summed E-state index contributed by atoms with van der Waals surface area (Å²) in [4.78, 5) is 13.1. The van der Waals surface area contributed by atoms with E-state index in [2.05, 4.69) is 34.6 Å². The number of rotatable bonds is 15. The average Bonchev–Trinajstić information content (AvgIpc) is 2.58. The van der Waals surface area contributed by atoms with Gasteiger partial charge in [0.15, 0.2) is 0 Å². The van der Waals surface area contributed by atoms with E-state index >= 15 is 0 Å². The maximum Gasteiger partial charge on any atom is 0.501 e. The van der Waals surface area contributed by atoms with E-state index in [-0.39, 0.29) is 11.9 Å². The Hall–Kier alpha value is -0.216. The van der Waals surface area contributed by atoms with Gasteiger partial charge in [0.2, 0.25) is 0 Å². The first-order valence-corrected chi connectivity index (χ1v) is 15.0. The maximum absolute atomic E-state index is 13.1. The van der Waals surface area contributed by atoms with Gasteiger partial charge in [0.05, 0.1) is 5.92 Å². The zero-order valence-electron chi connectivity index (χ0n) is 19.2. The fourth-order valence-corrected chi connectivity index (χ4v) is 11.1. The van der Waals surface area contributed by atoms with Crippen LogP contribution in [-0.2, 0) is 22.5 Å². The van der Waals surface area contributed by atoms with Gasteiger partial charge in [-0.2, -0.15) is 0 Å². The number of carbonyl (C=O) groups excluding carboxylic acids is 1. The highest BCUT2D eigenvalue weighted by Crippen LogP contribution is 2.39. The molecule has 5 nitrogen and oxygen atoms in total. The van der Waals surface area contributed by atoms with Crippen molar-refractivity contribution < 1.29 is 22.5 Å². The van der Waals surface area contributed by atoms with Crippen molar-refractivity contribution in [2.24, 2.45) is 5.92 Å². The maximum atomic E-state index is 13.1. The van der Waals surface area contributed by atoms with Gasteiger partial charge in [-0.15, -0.1) is 0 Å². The molecule has 0 rings (SSSR count). The highest BCUT2D eigenvalue weighted by atomic mass is 28.4. The predicted molar refractivity (Wildman–Crippen MR) is 116 cm³/mol. The van der Waals surface area contributed by atoms with Crippen LogP contribution < -0.4 is 0 Å². The van der Waals surface area contributed by atoms with Gasteiger partial charge in [0.1, 0.15) is 0 Å². The molecule has 0 fully saturated rings.